The van der Waals surface area contributed by atoms with Gasteiger partial charge in [0.1, 0.15) is 0 Å². The second kappa shape index (κ2) is 24.7. The molecule has 30 heavy (non-hydrogen) atoms. The number of unbranched alkanes of at least 4 members (excludes halogenated alkanes) is 19. The van der Waals surface area contributed by atoms with E-state index in [9.17, 15) is 0 Å². The van der Waals surface area contributed by atoms with Crippen LogP contribution in [0.1, 0.15) is 162 Å². The Labute approximate surface area is 206 Å². The largest absolute Gasteiger partial charge is 0.187 e. The molecule has 0 aromatic rings. The fraction of sp³-hybridized carbons (Fsp3) is 1.00. The summed E-state index contributed by atoms with van der Waals surface area (Å²) in [5.41, 5.74) is 0. The topological polar surface area (TPSA) is 0 Å². The summed E-state index contributed by atoms with van der Waals surface area (Å²) in [6.45, 7) is 6.96. The van der Waals surface area contributed by atoms with Gasteiger partial charge in [0.25, 0.3) is 0 Å². The summed E-state index contributed by atoms with van der Waals surface area (Å²) in [6, 6.07) is 0. The fourth-order valence-electron chi connectivity index (χ4n) is 4.44. The van der Waals surface area contributed by atoms with Crippen molar-refractivity contribution in [2.75, 3.05) is 17.3 Å². The molecule has 0 aliphatic carbocycles. The maximum absolute atomic E-state index is 2.99. The predicted molar refractivity (Wildman–Crippen MR) is 155 cm³/mol. The van der Waals surface area contributed by atoms with Crippen LogP contribution in [0.2, 0.25) is 0 Å². The number of hydrogen-bond donors (Lipinski definition) is 0. The normalized spacial score (nSPS) is 12.5. The molecule has 0 aromatic carbocycles. The van der Waals surface area contributed by atoms with Crippen LogP contribution < -0.4 is 0 Å². The predicted octanol–water partition coefficient (Wildman–Crippen LogP) is 11.8. The van der Waals surface area contributed by atoms with Gasteiger partial charge < -0.3 is 0 Å². The smallest absolute Gasteiger partial charge is 0.0144 e. The van der Waals surface area contributed by atoms with Crippen LogP contribution in [-0.4, -0.2) is 17.3 Å². The minimum atomic E-state index is -0.365. The Kier molecular flexibility index (Phi) is 25.6. The zero-order valence-electron chi connectivity index (χ0n) is 21.5. The van der Waals surface area contributed by atoms with Gasteiger partial charge in [-0.1, -0.05) is 143 Å². The molecule has 0 aliphatic rings. The van der Waals surface area contributed by atoms with E-state index in [0.717, 1.165) is 0 Å². The average molecular weight is 555 g/mol. The van der Waals surface area contributed by atoms with Crippen LogP contribution in [0.25, 0.3) is 0 Å². The van der Waals surface area contributed by atoms with Crippen molar-refractivity contribution in [1.82, 2.24) is 0 Å². The monoisotopic (exact) mass is 554 g/mol. The van der Waals surface area contributed by atoms with Gasteiger partial charge in [-0.15, -0.1) is 0 Å². The lowest BCUT2D eigenvalue weighted by molar-refractivity contribution is 0.584. The maximum Gasteiger partial charge on any atom is -0.0144 e. The van der Waals surface area contributed by atoms with E-state index >= 15 is 0 Å². The second-order valence-electron chi connectivity index (χ2n) is 9.77. The molecule has 2 heteroatoms. The highest BCUT2D eigenvalue weighted by Crippen LogP contribution is 2.58. The lowest BCUT2D eigenvalue weighted by Gasteiger charge is -2.34. The summed E-state index contributed by atoms with van der Waals surface area (Å²) < 4.78 is 0. The molecule has 0 N–H and O–H groups in total. The van der Waals surface area contributed by atoms with Crippen LogP contribution in [0.5, 0.6) is 0 Å². The minimum absolute atomic E-state index is 0.365. The van der Waals surface area contributed by atoms with Crippen LogP contribution in [0.4, 0.5) is 0 Å². The zero-order chi connectivity index (χ0) is 22.2. The molecule has 184 valence electrons. The molecule has 0 aliphatic heterocycles. The van der Waals surface area contributed by atoms with Crippen LogP contribution in [0.15, 0.2) is 0 Å². The first-order chi connectivity index (χ1) is 14.7. The van der Waals surface area contributed by atoms with E-state index in [2.05, 4.69) is 42.0 Å². The van der Waals surface area contributed by atoms with Gasteiger partial charge in [0.05, 0.1) is 0 Å². The van der Waals surface area contributed by atoms with Gasteiger partial charge in [-0.3, -0.25) is 0 Å². The molecular weight excluding hydrogens is 495 g/mol. The molecule has 0 aromatic heterocycles. The van der Waals surface area contributed by atoms with Crippen molar-refractivity contribution in [3.8, 4) is 0 Å². The third-order valence-corrected chi connectivity index (χ3v) is 13.6. The highest BCUT2D eigenvalue weighted by molar-refractivity contribution is 14.2. The van der Waals surface area contributed by atoms with Crippen LogP contribution in [0, 0.1) is 0 Å². The van der Waals surface area contributed by atoms with Crippen LogP contribution in [0.3, 0.4) is 0 Å². The van der Waals surface area contributed by atoms with E-state index in [-0.39, 0.29) is 7.20 Å². The van der Waals surface area contributed by atoms with Gasteiger partial charge in [0, 0.05) is 0 Å². The van der Waals surface area contributed by atoms with Crippen molar-refractivity contribution < 1.29 is 0 Å². The van der Waals surface area contributed by atoms with E-state index in [1.165, 1.54) is 141 Å². The minimum Gasteiger partial charge on any atom is -0.187 e. The first-order valence-electron chi connectivity index (χ1n) is 14.1. The number of rotatable bonds is 25. The Morgan fingerprint density at radius 3 is 0.767 bits per heavy atom. The Morgan fingerprint density at radius 1 is 0.333 bits per heavy atom. The summed E-state index contributed by atoms with van der Waals surface area (Å²) in [7, 11) is -0.365. The van der Waals surface area contributed by atoms with Crippen LogP contribution in [-0.2, 0) is 0 Å². The molecule has 0 saturated carbocycles. The lowest BCUT2D eigenvalue weighted by Crippen LogP contribution is -2.08. The molecule has 0 fully saturated rings. The van der Waals surface area contributed by atoms with Crippen molar-refractivity contribution in [1.29, 1.82) is 0 Å². The van der Waals surface area contributed by atoms with Gasteiger partial charge in [0.15, 0.2) is 0 Å². The number of halogens is 1. The zero-order valence-corrected chi connectivity index (χ0v) is 24.4. The lowest BCUT2D eigenvalue weighted by atomic mass is 10.1. The summed E-state index contributed by atoms with van der Waals surface area (Å²) >= 11 is 2.99. The molecule has 0 amide bonds. The third-order valence-electron chi connectivity index (χ3n) is 6.59. The van der Waals surface area contributed by atoms with E-state index in [1.807, 2.05) is 0 Å². The van der Waals surface area contributed by atoms with E-state index in [4.69, 9.17) is 0 Å². The molecule has 0 heterocycles. The molecule has 0 nitrogen and oxygen atoms in total. The SMILES string of the molecule is CCCCCCCCCCS(I)(CCCCCCCC)CCCCCCCCCC. The van der Waals surface area contributed by atoms with E-state index in [1.54, 1.807) is 17.3 Å². The number of hydrogen-bond acceptors (Lipinski definition) is 0. The second-order valence-corrected chi connectivity index (χ2v) is 18.5. The van der Waals surface area contributed by atoms with Crippen molar-refractivity contribution in [3.05, 3.63) is 0 Å². The Morgan fingerprint density at radius 2 is 0.533 bits per heavy atom. The third kappa shape index (κ3) is 22.3. The summed E-state index contributed by atoms with van der Waals surface area (Å²) in [6.07, 6.45) is 32.3. The van der Waals surface area contributed by atoms with Crippen LogP contribution >= 0.6 is 28.4 Å². The van der Waals surface area contributed by atoms with E-state index < -0.39 is 0 Å². The van der Waals surface area contributed by atoms with Gasteiger partial charge in [-0.25, -0.2) is 0 Å². The van der Waals surface area contributed by atoms with Crippen molar-refractivity contribution in [2.45, 2.75) is 162 Å². The van der Waals surface area contributed by atoms with Gasteiger partial charge in [-0.2, -0.15) is 7.20 Å². The summed E-state index contributed by atoms with van der Waals surface area (Å²) in [5, 5.41) is 0. The summed E-state index contributed by atoms with van der Waals surface area (Å²) in [4.78, 5) is 0. The fourth-order valence-corrected chi connectivity index (χ4v) is 10.0. The molecule has 0 bridgehead atoms. The molecular formula is C28H59IS. The average Bonchev–Trinajstić information content (AvgIpc) is 2.74. The van der Waals surface area contributed by atoms with Crippen molar-refractivity contribution >= 4 is 28.4 Å². The molecule has 0 atom stereocenters. The maximum atomic E-state index is 2.99. The summed E-state index contributed by atoms with van der Waals surface area (Å²) in [5.74, 6) is 4.69. The standard InChI is InChI=1S/C28H59IS/c1-4-7-10-13-16-18-21-24-27-30(29,26-23-20-15-12-9-6-3)28-25-22-19-17-14-11-8-5-2/h4-28H2,1-3H3. The van der Waals surface area contributed by atoms with Crippen molar-refractivity contribution in [3.63, 3.8) is 0 Å². The first-order valence-corrected chi connectivity index (χ1v) is 18.8. The highest BCUT2D eigenvalue weighted by Gasteiger charge is 2.19. The molecule has 0 radical (unpaired) electrons. The van der Waals surface area contributed by atoms with E-state index in [0.29, 0.717) is 0 Å². The van der Waals surface area contributed by atoms with Crippen molar-refractivity contribution in [2.24, 2.45) is 0 Å². The van der Waals surface area contributed by atoms with Gasteiger partial charge in [0.2, 0.25) is 0 Å². The Hall–Kier alpha value is 1.08. The highest BCUT2D eigenvalue weighted by atomic mass is 127. The molecule has 0 unspecified atom stereocenters. The van der Waals surface area contributed by atoms with Gasteiger partial charge >= 0.3 is 0 Å². The van der Waals surface area contributed by atoms with Gasteiger partial charge in [-0.05, 0) is 57.7 Å². The first kappa shape index (κ1) is 31.1. The Balaban J connectivity index is 4.02. The molecule has 0 rings (SSSR count). The molecule has 0 saturated heterocycles. The Bertz CT molecular complexity index is 298. The molecule has 0 spiro atoms. The quantitative estimate of drug-likeness (QED) is 0.0778.